The van der Waals surface area contributed by atoms with Crippen LogP contribution in [0, 0.1) is 0 Å². The first-order chi connectivity index (χ1) is 9.65. The number of pyridine rings is 1. The number of hydrogen-bond donors (Lipinski definition) is 2. The van der Waals surface area contributed by atoms with Gasteiger partial charge >= 0.3 is 0 Å². The Morgan fingerprint density at radius 1 is 1.45 bits per heavy atom. The minimum Gasteiger partial charge on any atom is -0.473 e. The van der Waals surface area contributed by atoms with Crippen LogP contribution in [-0.2, 0) is 4.79 Å². The van der Waals surface area contributed by atoms with Crippen LogP contribution < -0.4 is 15.4 Å². The van der Waals surface area contributed by atoms with Gasteiger partial charge in [0.1, 0.15) is 5.69 Å². The molecular formula is C15H23N3O2. The largest absolute Gasteiger partial charge is 0.473 e. The maximum atomic E-state index is 12.0. The summed E-state index contributed by atoms with van der Waals surface area (Å²) in [6.45, 7) is 4.20. The number of anilines is 1. The highest BCUT2D eigenvalue weighted by Crippen LogP contribution is 2.21. The lowest BCUT2D eigenvalue weighted by molar-refractivity contribution is -0.115. The number of amides is 1. The molecule has 2 N–H and O–H groups in total. The highest BCUT2D eigenvalue weighted by Gasteiger charge is 2.16. The van der Waals surface area contributed by atoms with E-state index in [4.69, 9.17) is 4.74 Å². The first-order valence-corrected chi connectivity index (χ1v) is 7.30. The van der Waals surface area contributed by atoms with Gasteiger partial charge in [0.2, 0.25) is 11.8 Å². The van der Waals surface area contributed by atoms with Crippen LogP contribution in [0.4, 0.5) is 5.69 Å². The molecule has 20 heavy (non-hydrogen) atoms. The van der Waals surface area contributed by atoms with Gasteiger partial charge in [-0.3, -0.25) is 4.79 Å². The number of hydrogen-bond acceptors (Lipinski definition) is 4. The summed E-state index contributed by atoms with van der Waals surface area (Å²) in [6, 6.07) is 4.08. The average Bonchev–Trinajstić information content (AvgIpc) is 2.91. The van der Waals surface area contributed by atoms with Crippen LogP contribution in [-0.4, -0.2) is 29.6 Å². The van der Waals surface area contributed by atoms with E-state index >= 15 is 0 Å². The van der Waals surface area contributed by atoms with Gasteiger partial charge in [-0.15, -0.1) is 0 Å². The summed E-state index contributed by atoms with van der Waals surface area (Å²) >= 11 is 0. The summed E-state index contributed by atoms with van der Waals surface area (Å²) in [7, 11) is 0. The second-order valence-corrected chi connectivity index (χ2v) is 5.43. The molecular weight excluding hydrogens is 254 g/mol. The summed E-state index contributed by atoms with van der Waals surface area (Å²) in [6.07, 6.45) is 6.54. The summed E-state index contributed by atoms with van der Waals surface area (Å²) in [5, 5.41) is 6.14. The number of nitrogens with one attached hydrogen (secondary N) is 2. The van der Waals surface area contributed by atoms with Gasteiger partial charge in [-0.2, -0.15) is 0 Å². The standard InChI is InChI=1S/C15H23N3O2/c1-11(2)20-15-13(8-5-9-16-15)18-14(19)10-17-12-6-3-4-7-12/h5,8-9,11-12,17H,3-4,6-7,10H2,1-2H3,(H,18,19). The van der Waals surface area contributed by atoms with Crippen LogP contribution in [0.2, 0.25) is 0 Å². The average molecular weight is 277 g/mol. The van der Waals surface area contributed by atoms with E-state index in [9.17, 15) is 4.79 Å². The molecule has 2 rings (SSSR count). The molecule has 1 heterocycles. The van der Waals surface area contributed by atoms with Crippen molar-refractivity contribution in [3.8, 4) is 5.88 Å². The fourth-order valence-corrected chi connectivity index (χ4v) is 2.36. The summed E-state index contributed by atoms with van der Waals surface area (Å²) < 4.78 is 5.58. The van der Waals surface area contributed by atoms with Crippen molar-refractivity contribution in [3.63, 3.8) is 0 Å². The zero-order valence-electron chi connectivity index (χ0n) is 12.2. The van der Waals surface area contributed by atoms with E-state index in [1.54, 1.807) is 18.3 Å². The normalized spacial score (nSPS) is 15.6. The molecule has 110 valence electrons. The summed E-state index contributed by atoms with van der Waals surface area (Å²) in [5.41, 5.74) is 0.624. The van der Waals surface area contributed by atoms with Gasteiger partial charge in [-0.1, -0.05) is 12.8 Å². The second kappa shape index (κ2) is 7.24. The van der Waals surface area contributed by atoms with Crippen LogP contribution in [0.1, 0.15) is 39.5 Å². The molecule has 1 aliphatic carbocycles. The predicted molar refractivity (Wildman–Crippen MR) is 78.9 cm³/mol. The molecule has 1 aromatic heterocycles. The van der Waals surface area contributed by atoms with E-state index in [1.165, 1.54) is 25.7 Å². The Kier molecular flexibility index (Phi) is 5.35. The molecule has 1 aliphatic rings. The minimum absolute atomic E-state index is 0.0252. The van der Waals surface area contributed by atoms with Crippen LogP contribution in [0.15, 0.2) is 18.3 Å². The van der Waals surface area contributed by atoms with Crippen LogP contribution >= 0.6 is 0 Å². The van der Waals surface area contributed by atoms with E-state index in [-0.39, 0.29) is 12.0 Å². The predicted octanol–water partition coefficient (Wildman–Crippen LogP) is 2.34. The Morgan fingerprint density at radius 2 is 2.20 bits per heavy atom. The van der Waals surface area contributed by atoms with E-state index in [1.807, 2.05) is 13.8 Å². The molecule has 0 aliphatic heterocycles. The third-order valence-corrected chi connectivity index (χ3v) is 3.30. The van der Waals surface area contributed by atoms with E-state index in [2.05, 4.69) is 15.6 Å². The van der Waals surface area contributed by atoms with Gasteiger partial charge in [-0.25, -0.2) is 4.98 Å². The Labute approximate surface area is 120 Å². The van der Waals surface area contributed by atoms with Crippen molar-refractivity contribution < 1.29 is 9.53 Å². The molecule has 5 heteroatoms. The summed E-state index contributed by atoms with van der Waals surface area (Å²) in [5.74, 6) is 0.412. The van der Waals surface area contributed by atoms with Gasteiger partial charge in [-0.05, 0) is 38.8 Å². The van der Waals surface area contributed by atoms with Gasteiger partial charge in [0.15, 0.2) is 0 Å². The highest BCUT2D eigenvalue weighted by atomic mass is 16.5. The minimum atomic E-state index is -0.0569. The van der Waals surface area contributed by atoms with Crippen molar-refractivity contribution in [2.45, 2.75) is 51.7 Å². The third kappa shape index (κ3) is 4.49. The molecule has 0 saturated heterocycles. The lowest BCUT2D eigenvalue weighted by Crippen LogP contribution is -2.34. The van der Waals surface area contributed by atoms with Crippen LogP contribution in [0.3, 0.4) is 0 Å². The van der Waals surface area contributed by atoms with Crippen molar-refractivity contribution in [1.82, 2.24) is 10.3 Å². The van der Waals surface area contributed by atoms with Crippen molar-refractivity contribution in [3.05, 3.63) is 18.3 Å². The van der Waals surface area contributed by atoms with E-state index in [0.717, 1.165) is 0 Å². The molecule has 1 fully saturated rings. The molecule has 5 nitrogen and oxygen atoms in total. The SMILES string of the molecule is CC(C)Oc1ncccc1NC(=O)CNC1CCCC1. The smallest absolute Gasteiger partial charge is 0.238 e. The Bertz CT molecular complexity index is 442. The second-order valence-electron chi connectivity index (χ2n) is 5.43. The fourth-order valence-electron chi connectivity index (χ4n) is 2.36. The maximum absolute atomic E-state index is 12.0. The Hall–Kier alpha value is -1.62. The van der Waals surface area contributed by atoms with Crippen LogP contribution in [0.25, 0.3) is 0 Å². The van der Waals surface area contributed by atoms with Gasteiger partial charge in [0.05, 0.1) is 12.6 Å². The quantitative estimate of drug-likeness (QED) is 0.837. The zero-order chi connectivity index (χ0) is 14.4. The van der Waals surface area contributed by atoms with Crippen LogP contribution in [0.5, 0.6) is 5.88 Å². The molecule has 0 radical (unpaired) electrons. The first-order valence-electron chi connectivity index (χ1n) is 7.30. The fraction of sp³-hybridized carbons (Fsp3) is 0.600. The number of rotatable bonds is 6. The molecule has 1 saturated carbocycles. The number of ether oxygens (including phenoxy) is 1. The van der Waals surface area contributed by atoms with E-state index < -0.39 is 0 Å². The molecule has 0 unspecified atom stereocenters. The van der Waals surface area contributed by atoms with Crippen molar-refractivity contribution in [2.24, 2.45) is 0 Å². The molecule has 1 amide bonds. The number of nitrogens with zero attached hydrogens (tertiary/aromatic N) is 1. The van der Waals surface area contributed by atoms with E-state index in [0.29, 0.717) is 24.2 Å². The number of carbonyl (C=O) groups is 1. The zero-order valence-corrected chi connectivity index (χ0v) is 12.2. The first kappa shape index (κ1) is 14.8. The molecule has 0 spiro atoms. The molecule has 1 aromatic rings. The maximum Gasteiger partial charge on any atom is 0.238 e. The van der Waals surface area contributed by atoms with Gasteiger partial charge in [0, 0.05) is 12.2 Å². The molecule has 0 aromatic carbocycles. The lowest BCUT2D eigenvalue weighted by atomic mass is 10.2. The highest BCUT2D eigenvalue weighted by molar-refractivity contribution is 5.93. The van der Waals surface area contributed by atoms with Crippen molar-refractivity contribution in [1.29, 1.82) is 0 Å². The van der Waals surface area contributed by atoms with Gasteiger partial charge < -0.3 is 15.4 Å². The third-order valence-electron chi connectivity index (χ3n) is 3.30. The topological polar surface area (TPSA) is 63.2 Å². The Balaban J connectivity index is 1.86. The number of carbonyl (C=O) groups excluding carboxylic acids is 1. The monoisotopic (exact) mass is 277 g/mol. The number of aromatic nitrogens is 1. The molecule has 0 atom stereocenters. The van der Waals surface area contributed by atoms with Gasteiger partial charge in [0.25, 0.3) is 0 Å². The van der Waals surface area contributed by atoms with Crippen molar-refractivity contribution in [2.75, 3.05) is 11.9 Å². The molecule has 0 bridgehead atoms. The lowest BCUT2D eigenvalue weighted by Gasteiger charge is -2.15. The Morgan fingerprint density at radius 3 is 2.90 bits per heavy atom. The van der Waals surface area contributed by atoms with Crippen molar-refractivity contribution >= 4 is 11.6 Å². The summed E-state index contributed by atoms with van der Waals surface area (Å²) in [4.78, 5) is 16.1.